The van der Waals surface area contributed by atoms with Crippen molar-refractivity contribution in [2.45, 2.75) is 26.2 Å². The van der Waals surface area contributed by atoms with E-state index in [9.17, 15) is 9.59 Å². The number of esters is 1. The van der Waals surface area contributed by atoms with Crippen LogP contribution in [0.1, 0.15) is 35.9 Å². The second-order valence-electron chi connectivity index (χ2n) is 5.29. The summed E-state index contributed by atoms with van der Waals surface area (Å²) in [5.74, 6) is 0.100. The number of ether oxygens (including phenoxy) is 1. The molecule has 2 aromatic rings. The van der Waals surface area contributed by atoms with Gasteiger partial charge in [0, 0.05) is 0 Å². The third kappa shape index (κ3) is 2.77. The Labute approximate surface area is 122 Å². The zero-order chi connectivity index (χ0) is 14.8. The number of rotatable bonds is 5. The number of H-pyrrole nitrogens is 1. The number of hydrogen-bond acceptors (Lipinski definition) is 3. The lowest BCUT2D eigenvalue weighted by atomic mass is 10.1. The zero-order valence-electron chi connectivity index (χ0n) is 12.0. The van der Waals surface area contributed by atoms with Crippen LogP contribution in [-0.4, -0.2) is 22.1 Å². The Morgan fingerprint density at radius 3 is 2.67 bits per heavy atom. The number of benzene rings is 1. The molecule has 1 fully saturated rings. The molecule has 1 heterocycles. The Hall–Kier alpha value is -2.30. The molecule has 0 spiro atoms. The van der Waals surface area contributed by atoms with Crippen molar-refractivity contribution < 1.29 is 9.53 Å². The summed E-state index contributed by atoms with van der Waals surface area (Å²) in [6.07, 6.45) is 3.02. The molecule has 0 radical (unpaired) electrons. The van der Waals surface area contributed by atoms with Gasteiger partial charge in [-0.15, -0.1) is 0 Å². The molecule has 3 rings (SSSR count). The average molecular weight is 286 g/mol. The van der Waals surface area contributed by atoms with E-state index in [4.69, 9.17) is 4.74 Å². The maximum absolute atomic E-state index is 12.3. The van der Waals surface area contributed by atoms with Crippen molar-refractivity contribution >= 4 is 5.97 Å². The lowest BCUT2D eigenvalue weighted by Crippen LogP contribution is -2.17. The molecule has 0 atom stereocenters. The number of carbonyl (C=O) groups excluding carboxylic acids is 1. The van der Waals surface area contributed by atoms with Crippen molar-refractivity contribution in [3.05, 3.63) is 52.2 Å². The highest BCUT2D eigenvalue weighted by atomic mass is 16.5. The maximum atomic E-state index is 12.3. The Morgan fingerprint density at radius 1 is 1.33 bits per heavy atom. The van der Waals surface area contributed by atoms with E-state index in [0.717, 1.165) is 30.6 Å². The van der Waals surface area contributed by atoms with E-state index in [1.807, 2.05) is 30.3 Å². The van der Waals surface area contributed by atoms with Gasteiger partial charge >= 0.3 is 11.7 Å². The van der Waals surface area contributed by atoms with Crippen LogP contribution < -0.4 is 5.69 Å². The van der Waals surface area contributed by atoms with E-state index in [1.165, 1.54) is 0 Å². The van der Waals surface area contributed by atoms with Gasteiger partial charge in [-0.05, 0) is 44.2 Å². The van der Waals surface area contributed by atoms with Crippen molar-refractivity contribution in [2.24, 2.45) is 5.92 Å². The minimum Gasteiger partial charge on any atom is -0.461 e. The third-order valence-electron chi connectivity index (χ3n) is 3.67. The van der Waals surface area contributed by atoms with Crippen molar-refractivity contribution in [3.63, 3.8) is 0 Å². The van der Waals surface area contributed by atoms with E-state index in [-0.39, 0.29) is 11.4 Å². The summed E-state index contributed by atoms with van der Waals surface area (Å²) in [6, 6.07) is 9.37. The SMILES string of the molecule is CCOC(=O)c1[nH]c(=O)n(-c2ccccc2)c1CC1CC1. The van der Waals surface area contributed by atoms with Crippen LogP contribution in [0.4, 0.5) is 0 Å². The summed E-state index contributed by atoms with van der Waals surface area (Å²) < 4.78 is 6.64. The first-order chi connectivity index (χ1) is 10.2. The first-order valence-electron chi connectivity index (χ1n) is 7.27. The van der Waals surface area contributed by atoms with Gasteiger partial charge in [-0.2, -0.15) is 0 Å². The lowest BCUT2D eigenvalue weighted by molar-refractivity contribution is 0.0518. The molecule has 0 bridgehead atoms. The van der Waals surface area contributed by atoms with Crippen molar-refractivity contribution in [1.82, 2.24) is 9.55 Å². The van der Waals surface area contributed by atoms with Crippen molar-refractivity contribution in [1.29, 1.82) is 0 Å². The van der Waals surface area contributed by atoms with Gasteiger partial charge in [0.25, 0.3) is 0 Å². The van der Waals surface area contributed by atoms with Crippen LogP contribution in [0.2, 0.25) is 0 Å². The molecular formula is C16H18N2O3. The van der Waals surface area contributed by atoms with Gasteiger partial charge in [-0.3, -0.25) is 9.55 Å². The number of hydrogen-bond donors (Lipinski definition) is 1. The second kappa shape index (κ2) is 5.60. The second-order valence-corrected chi connectivity index (χ2v) is 5.29. The summed E-state index contributed by atoms with van der Waals surface area (Å²) in [5, 5.41) is 0. The van der Waals surface area contributed by atoms with Gasteiger partial charge in [-0.25, -0.2) is 9.59 Å². The molecule has 0 saturated heterocycles. The molecule has 1 aromatic carbocycles. The Kier molecular flexibility index (Phi) is 3.64. The van der Waals surface area contributed by atoms with E-state index >= 15 is 0 Å². The quantitative estimate of drug-likeness (QED) is 0.858. The number of imidazole rings is 1. The molecular weight excluding hydrogens is 268 g/mol. The van der Waals surface area contributed by atoms with Crippen LogP contribution in [-0.2, 0) is 11.2 Å². The average Bonchev–Trinajstić information content (AvgIpc) is 3.23. The smallest absolute Gasteiger partial charge is 0.356 e. The maximum Gasteiger partial charge on any atom is 0.356 e. The summed E-state index contributed by atoms with van der Waals surface area (Å²) in [5.41, 5.74) is 1.50. The molecule has 1 aliphatic carbocycles. The van der Waals surface area contributed by atoms with Gasteiger partial charge in [0.2, 0.25) is 0 Å². The predicted octanol–water partition coefficient (Wildman–Crippen LogP) is 2.29. The van der Waals surface area contributed by atoms with Crippen molar-refractivity contribution in [2.75, 3.05) is 6.61 Å². The molecule has 1 saturated carbocycles. The van der Waals surface area contributed by atoms with Crippen LogP contribution in [0.15, 0.2) is 35.1 Å². The molecule has 21 heavy (non-hydrogen) atoms. The molecule has 1 aliphatic rings. The fourth-order valence-electron chi connectivity index (χ4n) is 2.48. The topological polar surface area (TPSA) is 64.1 Å². The monoisotopic (exact) mass is 286 g/mol. The molecule has 0 aliphatic heterocycles. The van der Waals surface area contributed by atoms with E-state index in [2.05, 4.69) is 4.98 Å². The van der Waals surface area contributed by atoms with Crippen molar-refractivity contribution in [3.8, 4) is 5.69 Å². The molecule has 0 unspecified atom stereocenters. The molecule has 110 valence electrons. The first kappa shape index (κ1) is 13.7. The highest BCUT2D eigenvalue weighted by molar-refractivity contribution is 5.88. The molecule has 0 amide bonds. The van der Waals surface area contributed by atoms with E-state index in [0.29, 0.717) is 12.5 Å². The predicted molar refractivity (Wildman–Crippen MR) is 78.8 cm³/mol. The fraction of sp³-hybridized carbons (Fsp3) is 0.375. The molecule has 5 nitrogen and oxygen atoms in total. The van der Waals surface area contributed by atoms with Gasteiger partial charge < -0.3 is 4.74 Å². The van der Waals surface area contributed by atoms with Crippen LogP contribution in [0.5, 0.6) is 0 Å². The van der Waals surface area contributed by atoms with Gasteiger partial charge in [0.15, 0.2) is 0 Å². The fourth-order valence-corrected chi connectivity index (χ4v) is 2.48. The standard InChI is InChI=1S/C16H18N2O3/c1-2-21-15(19)14-13(10-11-8-9-11)18(16(20)17-14)12-6-4-3-5-7-12/h3-7,11H,2,8-10H2,1H3,(H,17,20). The van der Waals surface area contributed by atoms with Crippen LogP contribution in [0.3, 0.4) is 0 Å². The van der Waals surface area contributed by atoms with E-state index < -0.39 is 5.97 Å². The molecule has 5 heteroatoms. The number of para-hydroxylation sites is 1. The third-order valence-corrected chi connectivity index (χ3v) is 3.67. The minimum atomic E-state index is -0.458. The zero-order valence-corrected chi connectivity index (χ0v) is 12.0. The lowest BCUT2D eigenvalue weighted by Gasteiger charge is -2.08. The first-order valence-corrected chi connectivity index (χ1v) is 7.27. The number of nitrogens with zero attached hydrogens (tertiary/aromatic N) is 1. The Balaban J connectivity index is 2.09. The highest BCUT2D eigenvalue weighted by Gasteiger charge is 2.29. The Morgan fingerprint density at radius 2 is 2.05 bits per heavy atom. The van der Waals surface area contributed by atoms with Gasteiger partial charge in [0.05, 0.1) is 18.0 Å². The highest BCUT2D eigenvalue weighted by Crippen LogP contribution is 2.33. The van der Waals surface area contributed by atoms with E-state index in [1.54, 1.807) is 11.5 Å². The molecule has 1 aromatic heterocycles. The number of aromatic amines is 1. The van der Waals surface area contributed by atoms with Gasteiger partial charge in [0.1, 0.15) is 5.69 Å². The normalized spacial score (nSPS) is 14.1. The van der Waals surface area contributed by atoms with Gasteiger partial charge in [-0.1, -0.05) is 18.2 Å². The Bertz CT molecular complexity index is 696. The number of carbonyl (C=O) groups is 1. The summed E-state index contributed by atoms with van der Waals surface area (Å²) in [6.45, 7) is 2.05. The van der Waals surface area contributed by atoms with Crippen LogP contribution >= 0.6 is 0 Å². The largest absolute Gasteiger partial charge is 0.461 e. The van der Waals surface area contributed by atoms with Crippen LogP contribution in [0.25, 0.3) is 5.69 Å². The molecule has 1 N–H and O–H groups in total. The summed E-state index contributed by atoms with van der Waals surface area (Å²) >= 11 is 0. The summed E-state index contributed by atoms with van der Waals surface area (Å²) in [4.78, 5) is 27.0. The van der Waals surface area contributed by atoms with Crippen LogP contribution in [0, 0.1) is 5.92 Å². The summed E-state index contributed by atoms with van der Waals surface area (Å²) in [7, 11) is 0. The minimum absolute atomic E-state index is 0.289. The number of nitrogens with one attached hydrogen (secondary N) is 1. The number of aromatic nitrogens is 2.